The van der Waals surface area contributed by atoms with E-state index in [0.29, 0.717) is 21.9 Å². The van der Waals surface area contributed by atoms with E-state index in [-0.39, 0.29) is 0 Å². The highest BCUT2D eigenvalue weighted by molar-refractivity contribution is 6.13. The Labute approximate surface area is 104 Å². The van der Waals surface area contributed by atoms with E-state index >= 15 is 0 Å². The summed E-state index contributed by atoms with van der Waals surface area (Å²) in [5, 5.41) is 10.8. The van der Waals surface area contributed by atoms with Crippen LogP contribution < -0.4 is 0 Å². The summed E-state index contributed by atoms with van der Waals surface area (Å²) in [5.74, 6) is -0.914. The first-order valence-electron chi connectivity index (χ1n) is 5.69. The highest BCUT2D eigenvalue weighted by atomic mass is 16.4. The number of rotatable bonds is 1. The fourth-order valence-corrected chi connectivity index (χ4v) is 2.23. The van der Waals surface area contributed by atoms with Gasteiger partial charge in [0.05, 0.1) is 16.6 Å². The number of para-hydroxylation sites is 1. The Morgan fingerprint density at radius 1 is 1.06 bits per heavy atom. The van der Waals surface area contributed by atoms with Crippen molar-refractivity contribution < 1.29 is 9.90 Å². The zero-order chi connectivity index (χ0) is 12.7. The maximum absolute atomic E-state index is 11.5. The average molecular weight is 237 g/mol. The van der Waals surface area contributed by atoms with E-state index in [9.17, 15) is 9.90 Å². The molecule has 0 atom stereocenters. The van der Waals surface area contributed by atoms with Crippen molar-refractivity contribution >= 4 is 27.8 Å². The standard InChI is InChI=1S/C15H11NO2/c1-9-6-7-11-13(8-9)16-12-5-3-2-4-10(12)14(11)15(17)18/h2-8H,1H3,(H,17,18). The van der Waals surface area contributed by atoms with Crippen LogP contribution in [0.25, 0.3) is 21.8 Å². The number of aromatic carboxylic acids is 1. The number of benzene rings is 2. The molecular formula is C15H11NO2. The molecule has 0 aliphatic rings. The van der Waals surface area contributed by atoms with Gasteiger partial charge in [-0.15, -0.1) is 0 Å². The van der Waals surface area contributed by atoms with Crippen molar-refractivity contribution in [1.29, 1.82) is 0 Å². The smallest absolute Gasteiger partial charge is 0.337 e. The largest absolute Gasteiger partial charge is 0.478 e. The topological polar surface area (TPSA) is 50.2 Å². The van der Waals surface area contributed by atoms with Crippen LogP contribution in [-0.2, 0) is 0 Å². The summed E-state index contributed by atoms with van der Waals surface area (Å²) in [5.41, 5.74) is 2.84. The van der Waals surface area contributed by atoms with Crippen molar-refractivity contribution in [2.45, 2.75) is 6.92 Å². The number of nitrogens with zero attached hydrogens (tertiary/aromatic N) is 1. The normalized spacial score (nSPS) is 10.9. The molecule has 0 saturated carbocycles. The van der Waals surface area contributed by atoms with Gasteiger partial charge in [0.2, 0.25) is 0 Å². The van der Waals surface area contributed by atoms with Crippen molar-refractivity contribution in [2.24, 2.45) is 0 Å². The monoisotopic (exact) mass is 237 g/mol. The van der Waals surface area contributed by atoms with E-state index in [4.69, 9.17) is 0 Å². The SMILES string of the molecule is Cc1ccc2c(C(=O)O)c3ccccc3nc2c1. The Kier molecular flexibility index (Phi) is 2.27. The molecule has 0 aliphatic heterocycles. The van der Waals surface area contributed by atoms with Crippen LogP contribution >= 0.6 is 0 Å². The summed E-state index contributed by atoms with van der Waals surface area (Å²) in [7, 11) is 0. The zero-order valence-electron chi connectivity index (χ0n) is 9.84. The van der Waals surface area contributed by atoms with Crippen LogP contribution in [0.2, 0.25) is 0 Å². The van der Waals surface area contributed by atoms with Crippen LogP contribution in [0.4, 0.5) is 0 Å². The number of aromatic nitrogens is 1. The molecule has 0 radical (unpaired) electrons. The highest BCUT2D eigenvalue weighted by Crippen LogP contribution is 2.26. The first-order valence-corrected chi connectivity index (χ1v) is 5.69. The van der Waals surface area contributed by atoms with Crippen LogP contribution in [0.15, 0.2) is 42.5 Å². The second-order valence-corrected chi connectivity index (χ2v) is 4.33. The van der Waals surface area contributed by atoms with Gasteiger partial charge < -0.3 is 5.11 Å². The van der Waals surface area contributed by atoms with Gasteiger partial charge in [-0.25, -0.2) is 9.78 Å². The van der Waals surface area contributed by atoms with Gasteiger partial charge >= 0.3 is 5.97 Å². The number of carboxylic acids is 1. The van der Waals surface area contributed by atoms with E-state index in [0.717, 1.165) is 11.1 Å². The van der Waals surface area contributed by atoms with Crippen LogP contribution in [0.3, 0.4) is 0 Å². The molecule has 2 aromatic carbocycles. The highest BCUT2D eigenvalue weighted by Gasteiger charge is 2.14. The van der Waals surface area contributed by atoms with Crippen LogP contribution in [0.1, 0.15) is 15.9 Å². The van der Waals surface area contributed by atoms with Crippen molar-refractivity contribution in [3.05, 3.63) is 53.6 Å². The predicted molar refractivity (Wildman–Crippen MR) is 70.9 cm³/mol. The van der Waals surface area contributed by atoms with E-state index < -0.39 is 5.97 Å². The van der Waals surface area contributed by atoms with Crippen molar-refractivity contribution in [3.63, 3.8) is 0 Å². The van der Waals surface area contributed by atoms with Crippen molar-refractivity contribution in [3.8, 4) is 0 Å². The molecule has 3 rings (SSSR count). The van der Waals surface area contributed by atoms with E-state index in [1.807, 2.05) is 43.3 Å². The summed E-state index contributed by atoms with van der Waals surface area (Å²) in [4.78, 5) is 16.0. The Bertz CT molecular complexity index is 778. The predicted octanol–water partition coefficient (Wildman–Crippen LogP) is 3.39. The van der Waals surface area contributed by atoms with Gasteiger partial charge in [0.15, 0.2) is 0 Å². The number of aryl methyl sites for hydroxylation is 1. The Morgan fingerprint density at radius 3 is 2.56 bits per heavy atom. The first kappa shape index (κ1) is 10.7. The molecule has 3 nitrogen and oxygen atoms in total. The number of fused-ring (bicyclic) bond motifs is 2. The number of hydrogen-bond donors (Lipinski definition) is 1. The summed E-state index contributed by atoms with van der Waals surface area (Å²) >= 11 is 0. The van der Waals surface area contributed by atoms with Crippen LogP contribution in [0, 0.1) is 6.92 Å². The lowest BCUT2D eigenvalue weighted by Crippen LogP contribution is -2.00. The molecule has 88 valence electrons. The number of pyridine rings is 1. The van der Waals surface area contributed by atoms with Crippen LogP contribution in [-0.4, -0.2) is 16.1 Å². The lowest BCUT2D eigenvalue weighted by atomic mass is 10.0. The summed E-state index contributed by atoms with van der Waals surface area (Å²) in [6.45, 7) is 1.97. The molecule has 3 heteroatoms. The fourth-order valence-electron chi connectivity index (χ4n) is 2.23. The molecule has 0 spiro atoms. The fraction of sp³-hybridized carbons (Fsp3) is 0.0667. The van der Waals surface area contributed by atoms with Gasteiger partial charge in [-0.3, -0.25) is 0 Å². The third kappa shape index (κ3) is 1.52. The zero-order valence-corrected chi connectivity index (χ0v) is 9.84. The average Bonchev–Trinajstić information content (AvgIpc) is 2.35. The minimum Gasteiger partial charge on any atom is -0.478 e. The molecule has 1 aromatic heterocycles. The van der Waals surface area contributed by atoms with Gasteiger partial charge in [-0.1, -0.05) is 30.3 Å². The summed E-state index contributed by atoms with van der Waals surface area (Å²) in [6, 6.07) is 13.0. The molecule has 1 N–H and O–H groups in total. The number of hydrogen-bond acceptors (Lipinski definition) is 2. The summed E-state index contributed by atoms with van der Waals surface area (Å²) in [6.07, 6.45) is 0. The Morgan fingerprint density at radius 2 is 1.78 bits per heavy atom. The lowest BCUT2D eigenvalue weighted by Gasteiger charge is -2.07. The maximum atomic E-state index is 11.5. The third-order valence-corrected chi connectivity index (χ3v) is 3.05. The number of carboxylic acid groups (broad SMARTS) is 1. The van der Waals surface area contributed by atoms with E-state index in [1.54, 1.807) is 6.07 Å². The maximum Gasteiger partial charge on any atom is 0.337 e. The second-order valence-electron chi connectivity index (χ2n) is 4.33. The Balaban J connectivity index is 2.58. The van der Waals surface area contributed by atoms with Gasteiger partial charge in [-0.2, -0.15) is 0 Å². The molecular weight excluding hydrogens is 226 g/mol. The lowest BCUT2D eigenvalue weighted by molar-refractivity contribution is 0.0701. The van der Waals surface area contributed by atoms with Gasteiger partial charge in [-0.05, 0) is 24.6 Å². The van der Waals surface area contributed by atoms with Gasteiger partial charge in [0, 0.05) is 10.8 Å². The molecule has 0 unspecified atom stereocenters. The van der Waals surface area contributed by atoms with Gasteiger partial charge in [0.25, 0.3) is 0 Å². The molecule has 0 saturated heterocycles. The molecule has 18 heavy (non-hydrogen) atoms. The third-order valence-electron chi connectivity index (χ3n) is 3.05. The molecule has 1 heterocycles. The van der Waals surface area contributed by atoms with Crippen molar-refractivity contribution in [2.75, 3.05) is 0 Å². The molecule has 3 aromatic rings. The van der Waals surface area contributed by atoms with Crippen LogP contribution in [0.5, 0.6) is 0 Å². The molecule has 0 fully saturated rings. The minimum atomic E-state index is -0.914. The summed E-state index contributed by atoms with van der Waals surface area (Å²) < 4.78 is 0. The van der Waals surface area contributed by atoms with Gasteiger partial charge in [0.1, 0.15) is 0 Å². The van der Waals surface area contributed by atoms with E-state index in [2.05, 4.69) is 4.98 Å². The quantitative estimate of drug-likeness (QED) is 0.660. The molecule has 0 amide bonds. The Hall–Kier alpha value is -2.42. The second kappa shape index (κ2) is 3.81. The molecule has 0 bridgehead atoms. The first-order chi connectivity index (χ1) is 8.66. The minimum absolute atomic E-state index is 0.329. The van der Waals surface area contributed by atoms with E-state index in [1.165, 1.54) is 0 Å². The molecule has 0 aliphatic carbocycles. The van der Waals surface area contributed by atoms with Crippen molar-refractivity contribution in [1.82, 2.24) is 4.98 Å². The number of carbonyl (C=O) groups is 1.